The summed E-state index contributed by atoms with van der Waals surface area (Å²) >= 11 is 0. The molecule has 1 aromatic rings. The minimum atomic E-state index is -2.63. The number of aromatic nitrogens is 1. The summed E-state index contributed by atoms with van der Waals surface area (Å²) in [6, 6.07) is 5.78. The van der Waals surface area contributed by atoms with E-state index in [1.54, 1.807) is 0 Å². The molecule has 4 nitrogen and oxygen atoms in total. The summed E-state index contributed by atoms with van der Waals surface area (Å²) in [5.41, 5.74) is 1.27. The second-order valence-corrected chi connectivity index (χ2v) is 21.0. The maximum Gasteiger partial charge on any atom is 0.200 e. The lowest BCUT2D eigenvalue weighted by atomic mass is 10.0. The average Bonchev–Trinajstić information content (AvgIpc) is 3.03. The van der Waals surface area contributed by atoms with Crippen molar-refractivity contribution in [3.8, 4) is 0 Å². The third-order valence-electron chi connectivity index (χ3n) is 10.5. The first-order valence-electron chi connectivity index (χ1n) is 19.4. The van der Waals surface area contributed by atoms with Crippen molar-refractivity contribution in [3.05, 3.63) is 34.8 Å². The van der Waals surface area contributed by atoms with E-state index in [0.717, 1.165) is 106 Å². The molecule has 0 aliphatic heterocycles. The summed E-state index contributed by atoms with van der Waals surface area (Å²) in [7, 11) is -5.27. The Labute approximate surface area is 281 Å². The monoisotopic (exact) mass is 668 g/mol. The molecule has 1 aromatic heterocycles. The van der Waals surface area contributed by atoms with Crippen molar-refractivity contribution in [3.63, 3.8) is 0 Å². The SMILES string of the molecule is CCCCC(CC)CP(=O)(Cc1cccc(CP(=O)(CC(CC)CCCC)CC(CC)CCCC)[n+]1[O-])CC(CC)CCCC. The van der Waals surface area contributed by atoms with E-state index < -0.39 is 14.3 Å². The molecular weight excluding hydrogens is 592 g/mol. The van der Waals surface area contributed by atoms with E-state index in [1.807, 2.05) is 18.2 Å². The number of rotatable bonds is 28. The fourth-order valence-electron chi connectivity index (χ4n) is 7.37. The highest BCUT2D eigenvalue weighted by Gasteiger charge is 2.35. The van der Waals surface area contributed by atoms with E-state index in [2.05, 4.69) is 55.4 Å². The van der Waals surface area contributed by atoms with Crippen molar-refractivity contribution in [1.29, 1.82) is 0 Å². The van der Waals surface area contributed by atoms with Crippen LogP contribution in [0.3, 0.4) is 0 Å². The molecular formula is C39H75NO3P2. The van der Waals surface area contributed by atoms with E-state index >= 15 is 0 Å². The topological polar surface area (TPSA) is 61.1 Å². The van der Waals surface area contributed by atoms with Gasteiger partial charge in [0.25, 0.3) is 0 Å². The smallest absolute Gasteiger partial charge is 0.200 e. The van der Waals surface area contributed by atoms with Crippen LogP contribution in [-0.4, -0.2) is 24.6 Å². The van der Waals surface area contributed by atoms with Crippen molar-refractivity contribution in [2.45, 2.75) is 170 Å². The minimum Gasteiger partial charge on any atom is -0.618 e. The Balaban J connectivity index is 3.45. The van der Waals surface area contributed by atoms with Crippen molar-refractivity contribution in [2.24, 2.45) is 23.7 Å². The number of nitrogens with zero attached hydrogens (tertiary/aromatic N) is 1. The molecule has 0 N–H and O–H groups in total. The van der Waals surface area contributed by atoms with Crippen LogP contribution in [0.5, 0.6) is 0 Å². The van der Waals surface area contributed by atoms with Crippen LogP contribution in [0, 0.1) is 28.9 Å². The first-order chi connectivity index (χ1) is 21.6. The Kier molecular flexibility index (Phi) is 22.3. The first-order valence-corrected chi connectivity index (χ1v) is 23.9. The third kappa shape index (κ3) is 16.4. The molecule has 0 bridgehead atoms. The molecule has 0 aliphatic carbocycles. The molecule has 264 valence electrons. The van der Waals surface area contributed by atoms with Gasteiger partial charge in [-0.15, -0.1) is 0 Å². The standard InChI is InChI=1S/C39H75NO3P2/c1-9-17-22-34(13-5)28-44(42,29-35(14-6)23-18-10-2)32-38-26-21-27-39(40(38)41)33-45(43,30-36(15-7)24-19-11-3)31-37(16-8)25-20-12-4/h21,26-27,34-37H,9-20,22-25,28-33H2,1-8H3. The lowest BCUT2D eigenvalue weighted by Gasteiger charge is -2.28. The second kappa shape index (κ2) is 23.7. The van der Waals surface area contributed by atoms with Crippen molar-refractivity contribution < 1.29 is 13.9 Å². The van der Waals surface area contributed by atoms with Gasteiger partial charge in [0.15, 0.2) is 11.4 Å². The predicted octanol–water partition coefficient (Wildman–Crippen LogP) is 12.9. The fraction of sp³-hybridized carbons (Fsp3) is 0.872. The summed E-state index contributed by atoms with van der Waals surface area (Å²) in [5.74, 6) is 1.80. The first kappa shape index (κ1) is 42.4. The summed E-state index contributed by atoms with van der Waals surface area (Å²) < 4.78 is 31.0. The van der Waals surface area contributed by atoms with Crippen LogP contribution in [0.15, 0.2) is 18.2 Å². The van der Waals surface area contributed by atoms with Gasteiger partial charge >= 0.3 is 0 Å². The van der Waals surface area contributed by atoms with Crippen molar-refractivity contribution >= 4 is 14.3 Å². The molecule has 0 saturated carbocycles. The molecule has 1 heterocycles. The largest absolute Gasteiger partial charge is 0.618 e. The zero-order valence-electron chi connectivity index (χ0n) is 31.2. The Morgan fingerprint density at radius 3 is 1.02 bits per heavy atom. The van der Waals surface area contributed by atoms with Gasteiger partial charge in [-0.05, 0) is 29.7 Å². The van der Waals surface area contributed by atoms with Gasteiger partial charge < -0.3 is 14.3 Å². The highest BCUT2D eigenvalue weighted by atomic mass is 31.2. The summed E-state index contributed by atoms with van der Waals surface area (Å²) in [4.78, 5) is 0. The van der Waals surface area contributed by atoms with Crippen LogP contribution in [0.25, 0.3) is 0 Å². The maximum atomic E-state index is 15.0. The van der Waals surface area contributed by atoms with Gasteiger partial charge in [0.1, 0.15) is 0 Å². The molecule has 6 heteroatoms. The van der Waals surface area contributed by atoms with Gasteiger partial charge in [-0.1, -0.05) is 158 Å². The van der Waals surface area contributed by atoms with Gasteiger partial charge in [0.05, 0.1) is 26.6 Å². The van der Waals surface area contributed by atoms with Crippen LogP contribution in [0.1, 0.15) is 170 Å². The number of hydrogen-bond acceptors (Lipinski definition) is 3. The Morgan fingerprint density at radius 2 is 0.800 bits per heavy atom. The predicted molar refractivity (Wildman–Crippen MR) is 201 cm³/mol. The number of hydrogen-bond donors (Lipinski definition) is 0. The zero-order valence-corrected chi connectivity index (χ0v) is 33.0. The zero-order chi connectivity index (χ0) is 33.7. The second-order valence-electron chi connectivity index (χ2n) is 14.6. The molecule has 0 aliphatic rings. The highest BCUT2D eigenvalue weighted by molar-refractivity contribution is 7.63. The number of unbranched alkanes of at least 4 members (excludes halogenated alkanes) is 4. The summed E-state index contributed by atoms with van der Waals surface area (Å²) in [6.45, 7) is 17.9. The molecule has 0 radical (unpaired) electrons. The van der Waals surface area contributed by atoms with Gasteiger partial charge in [0, 0.05) is 36.8 Å². The van der Waals surface area contributed by atoms with Crippen LogP contribution >= 0.6 is 14.3 Å². The molecule has 4 atom stereocenters. The van der Waals surface area contributed by atoms with Gasteiger partial charge in [-0.25, -0.2) is 0 Å². The molecule has 0 saturated heterocycles. The highest BCUT2D eigenvalue weighted by Crippen LogP contribution is 2.55. The third-order valence-corrected chi connectivity index (χ3v) is 17.1. The summed E-state index contributed by atoms with van der Waals surface area (Å²) in [5, 5.41) is 14.1. The Morgan fingerprint density at radius 1 is 0.533 bits per heavy atom. The molecule has 0 aromatic carbocycles. The van der Waals surface area contributed by atoms with Crippen molar-refractivity contribution in [1.82, 2.24) is 0 Å². The van der Waals surface area contributed by atoms with Crippen LogP contribution in [0.2, 0.25) is 0 Å². The molecule has 0 amide bonds. The molecule has 1 rings (SSSR count). The lowest BCUT2D eigenvalue weighted by molar-refractivity contribution is -0.620. The van der Waals surface area contributed by atoms with Crippen LogP contribution in [0.4, 0.5) is 0 Å². The average molecular weight is 668 g/mol. The van der Waals surface area contributed by atoms with Crippen LogP contribution in [-0.2, 0) is 21.5 Å². The Bertz CT molecular complexity index is 878. The normalized spacial score (nSPS) is 17.3. The molecule has 45 heavy (non-hydrogen) atoms. The van der Waals surface area contributed by atoms with E-state index in [1.165, 1.54) is 25.7 Å². The van der Waals surface area contributed by atoms with E-state index in [4.69, 9.17) is 0 Å². The van der Waals surface area contributed by atoms with Gasteiger partial charge in [0.2, 0.25) is 0 Å². The van der Waals surface area contributed by atoms with E-state index in [0.29, 0.717) is 47.4 Å². The van der Waals surface area contributed by atoms with Crippen molar-refractivity contribution in [2.75, 3.05) is 24.6 Å². The lowest BCUT2D eigenvalue weighted by Crippen LogP contribution is -2.37. The maximum absolute atomic E-state index is 15.0. The number of pyridine rings is 1. The van der Waals surface area contributed by atoms with Gasteiger partial charge in [-0.3, -0.25) is 0 Å². The van der Waals surface area contributed by atoms with Gasteiger partial charge in [-0.2, -0.15) is 4.73 Å². The molecule has 0 spiro atoms. The minimum absolute atomic E-state index is 0.377. The molecule has 0 fully saturated rings. The van der Waals surface area contributed by atoms with E-state index in [-0.39, 0.29) is 0 Å². The van der Waals surface area contributed by atoms with E-state index in [9.17, 15) is 14.3 Å². The molecule has 4 unspecified atom stereocenters. The quantitative estimate of drug-likeness (QED) is 0.0507. The summed E-state index contributed by atoms with van der Waals surface area (Å²) in [6.07, 6.45) is 21.7. The Hall–Kier alpha value is -0.590. The fourth-order valence-corrected chi connectivity index (χ4v) is 15.4. The van der Waals surface area contributed by atoms with Crippen LogP contribution < -0.4 is 4.73 Å².